The molecule has 0 atom stereocenters. The van der Waals surface area contributed by atoms with E-state index < -0.39 is 16.6 Å². The summed E-state index contributed by atoms with van der Waals surface area (Å²) in [5, 5.41) is 10.0. The van der Waals surface area contributed by atoms with E-state index >= 15 is 0 Å². The Morgan fingerprint density at radius 1 is 1.42 bits per heavy atom. The molecule has 0 aromatic heterocycles. The molecule has 0 heterocycles. The molecule has 5 nitrogen and oxygen atoms in total. The van der Waals surface area contributed by atoms with E-state index in [1.54, 1.807) is 0 Å². The fourth-order valence-electron chi connectivity index (χ4n) is 0.987. The summed E-state index contributed by atoms with van der Waals surface area (Å²) in [7, 11) is 0. The highest BCUT2D eigenvalue weighted by atomic mass is 16.3. The zero-order valence-corrected chi connectivity index (χ0v) is 6.70. The molecule has 0 saturated carbocycles. The molecule has 1 rings (SSSR count). The zero-order chi connectivity index (χ0) is 9.30. The molecule has 0 fully saturated rings. The molecule has 0 aliphatic heterocycles. The number of anilines is 1. The molecule has 0 unspecified atom stereocenters. The molecule has 0 radical (unpaired) electrons. The van der Waals surface area contributed by atoms with Gasteiger partial charge in [0.2, 0.25) is 0 Å². The standard InChI is InChI=1S/C7H10N2O3/c1-2-3-9(8)4-5(10)7(12)6(4)11/h10H,2-3,8H2,1H3. The summed E-state index contributed by atoms with van der Waals surface area (Å²) in [6.45, 7) is 2.32. The first-order valence-corrected chi connectivity index (χ1v) is 3.64. The topological polar surface area (TPSA) is 83.6 Å². The maximum absolute atomic E-state index is 10.8. The molecule has 0 aliphatic rings. The molecule has 5 heteroatoms. The highest BCUT2D eigenvalue weighted by Crippen LogP contribution is 2.17. The van der Waals surface area contributed by atoms with Crippen LogP contribution in [0.3, 0.4) is 0 Å². The minimum Gasteiger partial charge on any atom is -0.502 e. The van der Waals surface area contributed by atoms with Crippen molar-refractivity contribution in [2.24, 2.45) is 5.84 Å². The smallest absolute Gasteiger partial charge is 0.271 e. The van der Waals surface area contributed by atoms with Crippen LogP contribution in [0.1, 0.15) is 13.3 Å². The lowest BCUT2D eigenvalue weighted by Crippen LogP contribution is -2.43. The lowest BCUT2D eigenvalue weighted by Gasteiger charge is -2.18. The summed E-state index contributed by atoms with van der Waals surface area (Å²) in [5.74, 6) is 4.86. The van der Waals surface area contributed by atoms with E-state index in [4.69, 9.17) is 10.9 Å². The lowest BCUT2D eigenvalue weighted by atomic mass is 10.2. The van der Waals surface area contributed by atoms with Crippen LogP contribution in [-0.2, 0) is 0 Å². The average Bonchev–Trinajstić information content (AvgIpc) is 2.05. The number of hydrogen-bond acceptors (Lipinski definition) is 5. The van der Waals surface area contributed by atoms with Gasteiger partial charge in [-0.15, -0.1) is 0 Å². The first kappa shape index (κ1) is 8.73. The monoisotopic (exact) mass is 170 g/mol. The minimum absolute atomic E-state index is 0.0677. The predicted octanol–water partition coefficient (Wildman–Crippen LogP) is -0.922. The summed E-state index contributed by atoms with van der Waals surface area (Å²) in [4.78, 5) is 21.3. The second kappa shape index (κ2) is 2.94. The normalized spacial score (nSPS) is 10.5. The molecule has 0 spiro atoms. The van der Waals surface area contributed by atoms with Gasteiger partial charge in [-0.05, 0) is 6.42 Å². The van der Waals surface area contributed by atoms with Gasteiger partial charge in [0.05, 0.1) is 0 Å². The Kier molecular flexibility index (Phi) is 2.14. The molecule has 66 valence electrons. The van der Waals surface area contributed by atoms with Crippen molar-refractivity contribution in [3.63, 3.8) is 0 Å². The Morgan fingerprint density at radius 3 is 2.42 bits per heavy atom. The Hall–Kier alpha value is -1.36. The van der Waals surface area contributed by atoms with Crippen LogP contribution in [0.25, 0.3) is 0 Å². The van der Waals surface area contributed by atoms with Crippen LogP contribution in [-0.4, -0.2) is 11.7 Å². The number of nitrogens with two attached hydrogens (primary N) is 1. The van der Waals surface area contributed by atoms with Crippen molar-refractivity contribution < 1.29 is 5.11 Å². The third kappa shape index (κ3) is 1.08. The molecule has 0 aliphatic carbocycles. The van der Waals surface area contributed by atoms with Crippen molar-refractivity contribution in [1.29, 1.82) is 0 Å². The minimum atomic E-state index is -0.850. The van der Waals surface area contributed by atoms with Crippen molar-refractivity contribution in [2.45, 2.75) is 13.3 Å². The number of hydrazine groups is 1. The quantitative estimate of drug-likeness (QED) is 0.348. The van der Waals surface area contributed by atoms with Gasteiger partial charge in [0.25, 0.3) is 10.9 Å². The maximum Gasteiger partial charge on any atom is 0.271 e. The summed E-state index contributed by atoms with van der Waals surface area (Å²) in [5.41, 5.74) is -1.62. The Bertz CT molecular complexity index is 351. The van der Waals surface area contributed by atoms with Gasteiger partial charge in [-0.1, -0.05) is 6.92 Å². The van der Waals surface area contributed by atoms with Gasteiger partial charge < -0.3 is 10.1 Å². The van der Waals surface area contributed by atoms with Gasteiger partial charge in [-0.3, -0.25) is 9.59 Å². The summed E-state index contributed by atoms with van der Waals surface area (Å²) in [6, 6.07) is 0. The second-order valence-corrected chi connectivity index (χ2v) is 2.55. The Balaban J connectivity index is 2.91. The Morgan fingerprint density at radius 2 is 2.00 bits per heavy atom. The van der Waals surface area contributed by atoms with Gasteiger partial charge in [0.15, 0.2) is 11.4 Å². The van der Waals surface area contributed by atoms with Crippen molar-refractivity contribution in [1.82, 2.24) is 0 Å². The average molecular weight is 170 g/mol. The number of rotatable bonds is 3. The largest absolute Gasteiger partial charge is 0.502 e. The van der Waals surface area contributed by atoms with E-state index in [9.17, 15) is 9.59 Å². The van der Waals surface area contributed by atoms with Crippen LogP contribution >= 0.6 is 0 Å². The SMILES string of the molecule is CCCN(N)c1c(O)c(=O)c1=O. The molecular weight excluding hydrogens is 160 g/mol. The number of hydrogen-bond donors (Lipinski definition) is 2. The van der Waals surface area contributed by atoms with E-state index in [1.807, 2.05) is 6.92 Å². The summed E-state index contributed by atoms with van der Waals surface area (Å²) in [6.07, 6.45) is 0.745. The molecule has 0 amide bonds. The van der Waals surface area contributed by atoms with E-state index in [0.29, 0.717) is 6.54 Å². The maximum atomic E-state index is 10.8. The molecule has 0 saturated heterocycles. The molecular formula is C7H10N2O3. The second-order valence-electron chi connectivity index (χ2n) is 2.55. The molecule has 3 N–H and O–H groups in total. The Labute approximate surface area is 68.7 Å². The summed E-state index contributed by atoms with van der Waals surface area (Å²) >= 11 is 0. The fourth-order valence-corrected chi connectivity index (χ4v) is 0.987. The first-order valence-electron chi connectivity index (χ1n) is 3.64. The van der Waals surface area contributed by atoms with Crippen LogP contribution in [0, 0.1) is 0 Å². The van der Waals surface area contributed by atoms with Gasteiger partial charge >= 0.3 is 0 Å². The molecule has 1 aromatic carbocycles. The fraction of sp³-hybridized carbons (Fsp3) is 0.429. The van der Waals surface area contributed by atoms with Crippen molar-refractivity contribution >= 4 is 5.69 Å². The third-order valence-electron chi connectivity index (χ3n) is 1.61. The number of aromatic hydroxyl groups is 1. The van der Waals surface area contributed by atoms with Gasteiger partial charge in [-0.25, -0.2) is 5.84 Å². The molecule has 1 aromatic rings. The van der Waals surface area contributed by atoms with Crippen LogP contribution in [0.5, 0.6) is 5.75 Å². The van der Waals surface area contributed by atoms with E-state index in [-0.39, 0.29) is 5.69 Å². The summed E-state index contributed by atoms with van der Waals surface area (Å²) < 4.78 is 0. The zero-order valence-electron chi connectivity index (χ0n) is 6.70. The van der Waals surface area contributed by atoms with Crippen LogP contribution in [0.4, 0.5) is 5.69 Å². The lowest BCUT2D eigenvalue weighted by molar-refractivity contribution is 0.461. The van der Waals surface area contributed by atoms with Crippen LogP contribution in [0.2, 0.25) is 0 Å². The third-order valence-corrected chi connectivity index (χ3v) is 1.61. The van der Waals surface area contributed by atoms with Gasteiger partial charge in [0, 0.05) is 6.54 Å². The van der Waals surface area contributed by atoms with Crippen molar-refractivity contribution in [3.05, 3.63) is 20.4 Å². The van der Waals surface area contributed by atoms with Crippen LogP contribution < -0.4 is 21.7 Å². The molecule has 0 bridgehead atoms. The van der Waals surface area contributed by atoms with E-state index in [2.05, 4.69) is 0 Å². The first-order chi connectivity index (χ1) is 5.59. The predicted molar refractivity (Wildman–Crippen MR) is 44.8 cm³/mol. The highest BCUT2D eigenvalue weighted by Gasteiger charge is 2.23. The van der Waals surface area contributed by atoms with Crippen molar-refractivity contribution in [2.75, 3.05) is 11.6 Å². The van der Waals surface area contributed by atoms with Gasteiger partial charge in [0.1, 0.15) is 0 Å². The highest BCUT2D eigenvalue weighted by molar-refractivity contribution is 5.61. The molecule has 12 heavy (non-hydrogen) atoms. The van der Waals surface area contributed by atoms with Crippen molar-refractivity contribution in [3.8, 4) is 5.75 Å². The van der Waals surface area contributed by atoms with Crippen LogP contribution in [0.15, 0.2) is 9.59 Å². The van der Waals surface area contributed by atoms with E-state index in [1.165, 1.54) is 0 Å². The van der Waals surface area contributed by atoms with Gasteiger partial charge in [-0.2, -0.15) is 0 Å². The number of nitrogens with zero attached hydrogens (tertiary/aromatic N) is 1. The van der Waals surface area contributed by atoms with E-state index in [0.717, 1.165) is 11.4 Å².